The van der Waals surface area contributed by atoms with Gasteiger partial charge in [0.1, 0.15) is 0 Å². The first-order chi connectivity index (χ1) is 10.3. The largest absolute Gasteiger partial charge is 0.448 e. The van der Waals surface area contributed by atoms with E-state index in [9.17, 15) is 14.4 Å². The molecule has 0 aliphatic rings. The van der Waals surface area contributed by atoms with Crippen LogP contribution in [0.1, 0.15) is 17.4 Å². The van der Waals surface area contributed by atoms with Gasteiger partial charge in [-0.1, -0.05) is 18.2 Å². The summed E-state index contributed by atoms with van der Waals surface area (Å²) in [6.45, 7) is 1.49. The van der Waals surface area contributed by atoms with Crippen LogP contribution < -0.4 is 5.56 Å². The van der Waals surface area contributed by atoms with Crippen molar-refractivity contribution >= 4 is 22.6 Å². The maximum atomic E-state index is 12.3. The van der Waals surface area contributed by atoms with Gasteiger partial charge in [-0.15, -0.1) is 0 Å². The molecule has 1 heterocycles. The number of aromatic nitrogens is 2. The average molecular weight is 303 g/mol. The zero-order chi connectivity index (χ0) is 16.4. The van der Waals surface area contributed by atoms with E-state index in [1.165, 1.54) is 18.9 Å². The molecule has 0 fully saturated rings. The standard InChI is InChI=1S/C15H17N3O4/c1-9(13(19)17(2)3)22-15(21)12-10-7-5-6-8-11(10)14(20)18(4)16-12/h5-9H,1-4H3/t9-/m0/s1. The molecule has 2 rings (SSSR count). The van der Waals surface area contributed by atoms with E-state index in [1.807, 2.05) is 0 Å². The SMILES string of the molecule is C[C@H](OC(=O)c1nn(C)c(=O)c2ccccc12)C(=O)N(C)C. The van der Waals surface area contributed by atoms with Crippen LogP contribution in [0.25, 0.3) is 10.8 Å². The van der Waals surface area contributed by atoms with Crippen LogP contribution in [-0.2, 0) is 16.6 Å². The zero-order valence-corrected chi connectivity index (χ0v) is 12.9. The predicted molar refractivity (Wildman–Crippen MR) is 80.6 cm³/mol. The third-order valence-corrected chi connectivity index (χ3v) is 3.22. The van der Waals surface area contributed by atoms with Crippen molar-refractivity contribution in [3.63, 3.8) is 0 Å². The first kappa shape index (κ1) is 15.7. The Hall–Kier alpha value is -2.70. The minimum atomic E-state index is -0.930. The van der Waals surface area contributed by atoms with E-state index in [0.717, 1.165) is 4.68 Å². The number of ether oxygens (including phenoxy) is 1. The van der Waals surface area contributed by atoms with Gasteiger partial charge in [0.15, 0.2) is 11.8 Å². The van der Waals surface area contributed by atoms with Crippen molar-refractivity contribution in [2.45, 2.75) is 13.0 Å². The smallest absolute Gasteiger partial charge is 0.360 e. The van der Waals surface area contributed by atoms with Gasteiger partial charge in [0.25, 0.3) is 11.5 Å². The molecule has 0 aliphatic carbocycles. The van der Waals surface area contributed by atoms with Crippen molar-refractivity contribution < 1.29 is 14.3 Å². The lowest BCUT2D eigenvalue weighted by molar-refractivity contribution is -0.137. The molecule has 1 amide bonds. The lowest BCUT2D eigenvalue weighted by atomic mass is 10.1. The number of rotatable bonds is 3. The second kappa shape index (κ2) is 5.97. The molecule has 1 atom stereocenters. The summed E-state index contributed by atoms with van der Waals surface area (Å²) in [4.78, 5) is 37.4. The molecular formula is C15H17N3O4. The summed E-state index contributed by atoms with van der Waals surface area (Å²) in [7, 11) is 4.61. The van der Waals surface area contributed by atoms with Crippen LogP contribution in [0.15, 0.2) is 29.1 Å². The molecule has 0 spiro atoms. The number of amides is 1. The zero-order valence-electron chi connectivity index (χ0n) is 12.9. The molecule has 0 saturated carbocycles. The molecule has 7 heteroatoms. The van der Waals surface area contributed by atoms with Gasteiger partial charge in [-0.05, 0) is 13.0 Å². The van der Waals surface area contributed by atoms with E-state index in [1.54, 1.807) is 38.4 Å². The highest BCUT2D eigenvalue weighted by Crippen LogP contribution is 2.14. The summed E-state index contributed by atoms with van der Waals surface area (Å²) in [5.41, 5.74) is -0.291. The number of carbonyl (C=O) groups excluding carboxylic acids is 2. The number of fused-ring (bicyclic) bond motifs is 1. The minimum Gasteiger partial charge on any atom is -0.448 e. The molecule has 0 radical (unpaired) electrons. The lowest BCUT2D eigenvalue weighted by Gasteiger charge is -2.17. The van der Waals surface area contributed by atoms with Gasteiger partial charge < -0.3 is 9.64 Å². The van der Waals surface area contributed by atoms with Gasteiger partial charge in [0.05, 0.1) is 5.39 Å². The van der Waals surface area contributed by atoms with Crippen molar-refractivity contribution in [1.82, 2.24) is 14.7 Å². The Morgan fingerprint density at radius 2 is 1.82 bits per heavy atom. The molecule has 1 aromatic carbocycles. The van der Waals surface area contributed by atoms with Crippen LogP contribution in [0.2, 0.25) is 0 Å². The van der Waals surface area contributed by atoms with Crippen molar-refractivity contribution in [3.8, 4) is 0 Å². The summed E-state index contributed by atoms with van der Waals surface area (Å²) in [6.07, 6.45) is -0.930. The van der Waals surface area contributed by atoms with Crippen LogP contribution in [0.4, 0.5) is 0 Å². The van der Waals surface area contributed by atoms with E-state index in [0.29, 0.717) is 10.8 Å². The first-order valence-electron chi connectivity index (χ1n) is 6.71. The molecule has 0 saturated heterocycles. The van der Waals surface area contributed by atoms with E-state index in [-0.39, 0.29) is 17.2 Å². The molecule has 0 unspecified atom stereocenters. The number of likely N-dealkylation sites (N-methyl/N-ethyl adjacent to an activating group) is 1. The molecule has 0 aliphatic heterocycles. The third-order valence-electron chi connectivity index (χ3n) is 3.22. The molecule has 1 aromatic heterocycles. The van der Waals surface area contributed by atoms with E-state index in [4.69, 9.17) is 4.74 Å². The molecule has 0 bridgehead atoms. The van der Waals surface area contributed by atoms with Crippen molar-refractivity contribution in [2.24, 2.45) is 7.05 Å². The van der Waals surface area contributed by atoms with Crippen LogP contribution in [0.5, 0.6) is 0 Å². The van der Waals surface area contributed by atoms with Crippen molar-refractivity contribution in [1.29, 1.82) is 0 Å². The Balaban J connectivity index is 2.43. The fourth-order valence-electron chi connectivity index (χ4n) is 2.08. The maximum absolute atomic E-state index is 12.3. The topological polar surface area (TPSA) is 81.5 Å². The van der Waals surface area contributed by atoms with Crippen LogP contribution in [-0.4, -0.2) is 46.8 Å². The number of carbonyl (C=O) groups is 2. The lowest BCUT2D eigenvalue weighted by Crippen LogP contribution is -2.35. The fourth-order valence-corrected chi connectivity index (χ4v) is 2.08. The number of nitrogens with zero attached hydrogens (tertiary/aromatic N) is 3. The highest BCUT2D eigenvalue weighted by molar-refractivity contribution is 6.02. The Bertz CT molecular complexity index is 795. The van der Waals surface area contributed by atoms with Gasteiger partial charge in [0.2, 0.25) is 0 Å². The first-order valence-corrected chi connectivity index (χ1v) is 6.71. The van der Waals surface area contributed by atoms with Gasteiger partial charge in [-0.2, -0.15) is 5.10 Å². The normalized spacial score (nSPS) is 12.0. The quantitative estimate of drug-likeness (QED) is 0.774. The van der Waals surface area contributed by atoms with Gasteiger partial charge >= 0.3 is 5.97 Å². The number of esters is 1. The second-order valence-corrected chi connectivity index (χ2v) is 5.10. The summed E-state index contributed by atoms with van der Waals surface area (Å²) in [5.74, 6) is -1.07. The van der Waals surface area contributed by atoms with Crippen molar-refractivity contribution in [2.75, 3.05) is 14.1 Å². The second-order valence-electron chi connectivity index (χ2n) is 5.10. The third kappa shape index (κ3) is 2.83. The monoisotopic (exact) mass is 303 g/mol. The van der Waals surface area contributed by atoms with Crippen LogP contribution in [0.3, 0.4) is 0 Å². The average Bonchev–Trinajstić information content (AvgIpc) is 2.49. The Labute approximate surface area is 127 Å². The van der Waals surface area contributed by atoms with Crippen LogP contribution in [0, 0.1) is 0 Å². The maximum Gasteiger partial charge on any atom is 0.360 e. The van der Waals surface area contributed by atoms with E-state index >= 15 is 0 Å². The highest BCUT2D eigenvalue weighted by atomic mass is 16.5. The summed E-state index contributed by atoms with van der Waals surface area (Å²) < 4.78 is 6.24. The summed E-state index contributed by atoms with van der Waals surface area (Å²) in [6, 6.07) is 6.65. The molecule has 0 N–H and O–H groups in total. The fraction of sp³-hybridized carbons (Fsp3) is 0.333. The van der Waals surface area contributed by atoms with Gasteiger partial charge in [-0.25, -0.2) is 9.48 Å². The Kier molecular flexibility index (Phi) is 4.25. The molecule has 7 nitrogen and oxygen atoms in total. The summed E-state index contributed by atoms with van der Waals surface area (Å²) in [5, 5.41) is 4.74. The van der Waals surface area contributed by atoms with Crippen LogP contribution >= 0.6 is 0 Å². The Morgan fingerprint density at radius 3 is 2.41 bits per heavy atom. The molecule has 2 aromatic rings. The van der Waals surface area contributed by atoms with E-state index < -0.39 is 12.1 Å². The Morgan fingerprint density at radius 1 is 1.23 bits per heavy atom. The number of hydrogen-bond acceptors (Lipinski definition) is 5. The summed E-state index contributed by atoms with van der Waals surface area (Å²) >= 11 is 0. The number of hydrogen-bond donors (Lipinski definition) is 0. The molecule has 22 heavy (non-hydrogen) atoms. The van der Waals surface area contributed by atoms with Gasteiger partial charge in [0, 0.05) is 26.5 Å². The van der Waals surface area contributed by atoms with E-state index in [2.05, 4.69) is 5.10 Å². The minimum absolute atomic E-state index is 0.0103. The highest BCUT2D eigenvalue weighted by Gasteiger charge is 2.23. The van der Waals surface area contributed by atoms with Crippen molar-refractivity contribution in [3.05, 3.63) is 40.3 Å². The number of aryl methyl sites for hydroxylation is 1. The number of benzene rings is 1. The molecular weight excluding hydrogens is 286 g/mol. The predicted octanol–water partition coefficient (Wildman–Crippen LogP) is 0.567. The molecule has 116 valence electrons. The van der Waals surface area contributed by atoms with Gasteiger partial charge in [-0.3, -0.25) is 9.59 Å².